The fourth-order valence-corrected chi connectivity index (χ4v) is 2.29. The van der Waals surface area contributed by atoms with Crippen molar-refractivity contribution in [3.63, 3.8) is 0 Å². The van der Waals surface area contributed by atoms with Gasteiger partial charge in [-0.1, -0.05) is 0 Å². The van der Waals surface area contributed by atoms with E-state index in [0.29, 0.717) is 10.9 Å². The van der Waals surface area contributed by atoms with E-state index in [1.807, 2.05) is 0 Å². The van der Waals surface area contributed by atoms with Crippen LogP contribution in [0.5, 0.6) is 5.88 Å². The number of fused-ring (bicyclic) bond motifs is 1. The largest absolute Gasteiger partial charge is 0.481 e. The Morgan fingerprint density at radius 3 is 2.36 bits per heavy atom. The predicted molar refractivity (Wildman–Crippen MR) is 75.6 cm³/mol. The number of aliphatic carboxylic acids is 2. The van der Waals surface area contributed by atoms with Gasteiger partial charge >= 0.3 is 11.9 Å². The molecule has 0 bridgehead atoms. The number of halogens is 1. The molecule has 0 unspecified atom stereocenters. The number of carboxylic acid groups (broad SMARTS) is 2. The van der Waals surface area contributed by atoms with Gasteiger partial charge in [-0.25, -0.2) is 9.37 Å². The zero-order valence-corrected chi connectivity index (χ0v) is 12.2. The van der Waals surface area contributed by atoms with Gasteiger partial charge in [0.2, 0.25) is 5.88 Å². The van der Waals surface area contributed by atoms with Crippen LogP contribution in [0.2, 0.25) is 0 Å². The minimum Gasteiger partial charge on any atom is -0.481 e. The second-order valence-corrected chi connectivity index (χ2v) is 5.04. The molecule has 2 aromatic rings. The van der Waals surface area contributed by atoms with Crippen LogP contribution in [0.1, 0.15) is 18.1 Å². The number of carboxylic acids is 2. The van der Waals surface area contributed by atoms with Crippen LogP contribution >= 0.6 is 0 Å². The predicted octanol–water partition coefficient (Wildman–Crippen LogP) is 2.12. The van der Waals surface area contributed by atoms with Gasteiger partial charge in [-0.05, 0) is 32.0 Å². The van der Waals surface area contributed by atoms with Crippen molar-refractivity contribution >= 4 is 22.8 Å². The number of aryl methyl sites for hydroxylation is 1. The number of benzene rings is 1. The molecule has 0 saturated heterocycles. The normalized spacial score (nSPS) is 11.5. The van der Waals surface area contributed by atoms with Gasteiger partial charge in [0.05, 0.1) is 12.6 Å². The van der Waals surface area contributed by atoms with Crippen molar-refractivity contribution < 1.29 is 28.9 Å². The molecule has 2 N–H and O–H groups in total. The van der Waals surface area contributed by atoms with Gasteiger partial charge in [0.1, 0.15) is 5.82 Å². The second-order valence-electron chi connectivity index (χ2n) is 5.04. The minimum atomic E-state index is -2.46. The maximum atomic E-state index is 14.3. The molecule has 22 heavy (non-hydrogen) atoms. The van der Waals surface area contributed by atoms with Crippen LogP contribution in [0.25, 0.3) is 10.9 Å². The van der Waals surface area contributed by atoms with Crippen LogP contribution in [0.4, 0.5) is 4.39 Å². The highest BCUT2D eigenvalue weighted by Gasteiger charge is 2.47. The molecule has 1 heterocycles. The van der Waals surface area contributed by atoms with Crippen molar-refractivity contribution in [2.24, 2.45) is 0 Å². The van der Waals surface area contributed by atoms with E-state index in [4.69, 9.17) is 4.74 Å². The zero-order chi connectivity index (χ0) is 16.7. The number of nitrogens with zero attached hydrogens (tertiary/aromatic N) is 1. The number of methoxy groups -OCH3 is 1. The third kappa shape index (κ3) is 2.14. The highest BCUT2D eigenvalue weighted by atomic mass is 19.1. The fourth-order valence-electron chi connectivity index (χ4n) is 2.29. The van der Waals surface area contributed by atoms with Crippen LogP contribution in [-0.4, -0.2) is 34.2 Å². The third-order valence-electron chi connectivity index (χ3n) is 3.63. The standard InChI is InChI=1S/C15H14FNO5/c1-7-6-8-4-5-9(16)10(11(8)17-12(7)22-3)15(2,13(18)19)14(20)21/h4-6H,1-3H3,(H,18,19)(H,20,21). The summed E-state index contributed by atoms with van der Waals surface area (Å²) in [6.45, 7) is 2.66. The molecule has 2 rings (SSSR count). The number of pyridine rings is 1. The number of aromatic nitrogens is 1. The summed E-state index contributed by atoms with van der Waals surface area (Å²) in [4.78, 5) is 27.0. The Hall–Kier alpha value is -2.70. The molecule has 0 aliphatic carbocycles. The summed E-state index contributed by atoms with van der Waals surface area (Å²) in [5, 5.41) is 19.1. The number of hydrogen-bond donors (Lipinski definition) is 2. The summed E-state index contributed by atoms with van der Waals surface area (Å²) < 4.78 is 19.3. The molecule has 0 aliphatic rings. The molecule has 7 heteroatoms. The van der Waals surface area contributed by atoms with Crippen LogP contribution in [0.3, 0.4) is 0 Å². The van der Waals surface area contributed by atoms with Gasteiger partial charge in [0.25, 0.3) is 0 Å². The first-order valence-corrected chi connectivity index (χ1v) is 6.34. The molecular formula is C15H14FNO5. The van der Waals surface area contributed by atoms with E-state index in [1.54, 1.807) is 13.0 Å². The number of hydrogen-bond acceptors (Lipinski definition) is 4. The molecule has 0 atom stereocenters. The van der Waals surface area contributed by atoms with Gasteiger partial charge in [-0.2, -0.15) is 0 Å². The molecule has 0 fully saturated rings. The summed E-state index contributed by atoms with van der Waals surface area (Å²) in [5.41, 5.74) is -2.34. The molecule has 6 nitrogen and oxygen atoms in total. The smallest absolute Gasteiger partial charge is 0.325 e. The zero-order valence-electron chi connectivity index (χ0n) is 12.2. The second kappa shape index (κ2) is 5.25. The maximum Gasteiger partial charge on any atom is 0.325 e. The lowest BCUT2D eigenvalue weighted by atomic mass is 9.81. The first-order chi connectivity index (χ1) is 10.2. The van der Waals surface area contributed by atoms with Gasteiger partial charge in [0.15, 0.2) is 5.41 Å². The average molecular weight is 307 g/mol. The lowest BCUT2D eigenvalue weighted by Gasteiger charge is -2.22. The lowest BCUT2D eigenvalue weighted by molar-refractivity contribution is -0.156. The summed E-state index contributed by atoms with van der Waals surface area (Å²) in [6, 6.07) is 4.08. The number of rotatable bonds is 4. The van der Waals surface area contributed by atoms with E-state index in [9.17, 15) is 24.2 Å². The van der Waals surface area contributed by atoms with E-state index in [2.05, 4.69) is 4.98 Å². The highest BCUT2D eigenvalue weighted by molar-refractivity contribution is 6.07. The first kappa shape index (κ1) is 15.7. The molecule has 0 saturated carbocycles. The summed E-state index contributed by atoms with van der Waals surface area (Å²) in [6.07, 6.45) is 0. The lowest BCUT2D eigenvalue weighted by Crippen LogP contribution is -2.41. The van der Waals surface area contributed by atoms with E-state index < -0.39 is 28.7 Å². The molecule has 1 aromatic carbocycles. The van der Waals surface area contributed by atoms with E-state index in [0.717, 1.165) is 13.0 Å². The van der Waals surface area contributed by atoms with Crippen molar-refractivity contribution in [1.82, 2.24) is 4.98 Å². The molecule has 0 radical (unpaired) electrons. The Bertz CT molecular complexity index is 773. The Kier molecular flexibility index (Phi) is 3.74. The quantitative estimate of drug-likeness (QED) is 0.840. The maximum absolute atomic E-state index is 14.3. The van der Waals surface area contributed by atoms with Crippen LogP contribution < -0.4 is 4.74 Å². The van der Waals surface area contributed by atoms with Crippen molar-refractivity contribution in [2.45, 2.75) is 19.3 Å². The molecule has 0 amide bonds. The number of ether oxygens (including phenoxy) is 1. The van der Waals surface area contributed by atoms with Crippen molar-refractivity contribution in [1.29, 1.82) is 0 Å². The first-order valence-electron chi connectivity index (χ1n) is 6.34. The van der Waals surface area contributed by atoms with Crippen molar-refractivity contribution in [3.05, 3.63) is 35.1 Å². The third-order valence-corrected chi connectivity index (χ3v) is 3.63. The van der Waals surface area contributed by atoms with Crippen LogP contribution in [0.15, 0.2) is 18.2 Å². The topological polar surface area (TPSA) is 96.7 Å². The Labute approximate surface area is 125 Å². The summed E-state index contributed by atoms with van der Waals surface area (Å²) in [7, 11) is 1.37. The number of carbonyl (C=O) groups is 2. The molecule has 1 aromatic heterocycles. The summed E-state index contributed by atoms with van der Waals surface area (Å²) in [5.74, 6) is -4.11. The van der Waals surface area contributed by atoms with Crippen molar-refractivity contribution in [2.75, 3.05) is 7.11 Å². The summed E-state index contributed by atoms with van der Waals surface area (Å²) >= 11 is 0. The Morgan fingerprint density at radius 1 is 1.27 bits per heavy atom. The van der Waals surface area contributed by atoms with E-state index in [1.165, 1.54) is 13.2 Å². The van der Waals surface area contributed by atoms with Gasteiger partial charge in [-0.3, -0.25) is 9.59 Å². The highest BCUT2D eigenvalue weighted by Crippen LogP contribution is 2.34. The Morgan fingerprint density at radius 2 is 1.86 bits per heavy atom. The average Bonchev–Trinajstić information content (AvgIpc) is 2.45. The van der Waals surface area contributed by atoms with E-state index in [-0.39, 0.29) is 11.4 Å². The van der Waals surface area contributed by atoms with Crippen LogP contribution in [-0.2, 0) is 15.0 Å². The molecule has 0 aliphatic heterocycles. The molecule has 116 valence electrons. The van der Waals surface area contributed by atoms with Crippen molar-refractivity contribution in [3.8, 4) is 5.88 Å². The fraction of sp³-hybridized carbons (Fsp3) is 0.267. The van der Waals surface area contributed by atoms with Crippen LogP contribution in [0, 0.1) is 12.7 Å². The van der Waals surface area contributed by atoms with Gasteiger partial charge < -0.3 is 14.9 Å². The molecule has 0 spiro atoms. The van der Waals surface area contributed by atoms with Gasteiger partial charge in [0, 0.05) is 16.5 Å². The van der Waals surface area contributed by atoms with Gasteiger partial charge in [-0.15, -0.1) is 0 Å². The molecular weight excluding hydrogens is 293 g/mol. The Balaban J connectivity index is 2.96. The van der Waals surface area contributed by atoms with E-state index >= 15 is 0 Å². The minimum absolute atomic E-state index is 0.0465. The monoisotopic (exact) mass is 307 g/mol. The SMILES string of the molecule is COc1nc2c(C(C)(C(=O)O)C(=O)O)c(F)ccc2cc1C.